The van der Waals surface area contributed by atoms with Crippen LogP contribution in [0.15, 0.2) is 59.7 Å². The smallest absolute Gasteiger partial charge is 0.660 e. The number of anilines is 2. The Kier molecular flexibility index (Phi) is 50.1. The van der Waals surface area contributed by atoms with E-state index in [1.165, 1.54) is 0 Å². The van der Waals surface area contributed by atoms with Gasteiger partial charge in [0.2, 0.25) is 19.2 Å². The summed E-state index contributed by atoms with van der Waals surface area (Å²) in [5.41, 5.74) is 12.0. The molecule has 1 heterocycles. The van der Waals surface area contributed by atoms with E-state index in [4.69, 9.17) is 49.6 Å². The van der Waals surface area contributed by atoms with E-state index in [2.05, 4.69) is 107 Å². The summed E-state index contributed by atoms with van der Waals surface area (Å²) in [7, 11) is 5.84. The summed E-state index contributed by atoms with van der Waals surface area (Å²) < 4.78 is 34.7. The number of allylic oxidation sites excluding steroid dienone is 1. The summed E-state index contributed by atoms with van der Waals surface area (Å²) in [6, 6.07) is 11.7. The quantitative estimate of drug-likeness (QED) is 0.0163. The number of rotatable bonds is 42. The Balaban J connectivity index is 0. The molecule has 1 aromatic heterocycles. The van der Waals surface area contributed by atoms with Crippen LogP contribution in [0.25, 0.3) is 22.3 Å². The van der Waals surface area contributed by atoms with Gasteiger partial charge in [-0.1, -0.05) is 90.1 Å². The standard InChI is InChI=1S/C57H88ClN8O7.C2H6.2CH3NO.K/c1-10-13-23-49(60-7)43-73-53-25-24-48(39-51(53)58)65-55-47(41-59)42-63-52-40-54(72-12-3)46(38-50(52)55)22-20-29-66(9)28-18-14-15-19-30-68-32-34-70-36-37-71-35-33-69-31-27-62-26-17-16-21-45(4)57(6,64-44-67)56(5,11-2)61-8;1-2;2*2-1-3;/h13,20,22-25,38-40,42,44-45,61H,10-12,14-19,21,26-37,43H2,1-9H3,(H,63,65)(H,64,67);1-2H3;2*1H,(H2,2,3);/q-1;;;;+1/b22-20+,23-13-,60-49?;;;;/t45?,56-,57-;;;;/m1..../s1. The fraction of sp³-hybridized carbons (Fsp3) is 0.607. The van der Waals surface area contributed by atoms with Crippen LogP contribution in [-0.2, 0) is 33.3 Å². The van der Waals surface area contributed by atoms with Gasteiger partial charge in [-0.2, -0.15) is 5.26 Å². The van der Waals surface area contributed by atoms with E-state index in [9.17, 15) is 10.1 Å². The maximum atomic E-state index is 11.4. The number of nitrogens with zero attached hydrogens (tertiary/aromatic N) is 5. The number of hydrogen-bond donors (Lipinski definition) is 5. The molecule has 0 saturated carbocycles. The zero-order chi connectivity index (χ0) is 60.6. The summed E-state index contributed by atoms with van der Waals surface area (Å²) in [5, 5.41) is 25.9. The maximum Gasteiger partial charge on any atom is 1.00 e. The molecule has 0 aliphatic rings. The van der Waals surface area contributed by atoms with Gasteiger partial charge in [0.25, 0.3) is 0 Å². The third-order valence-corrected chi connectivity index (χ3v) is 13.9. The molecule has 7 N–H and O–H groups in total. The zero-order valence-corrected chi connectivity index (χ0v) is 55.7. The van der Waals surface area contributed by atoms with Crippen molar-refractivity contribution in [1.82, 2.24) is 20.5 Å². The molecule has 0 spiro atoms. The maximum absolute atomic E-state index is 11.4. The molecule has 3 aromatic rings. The normalized spacial score (nSPS) is 13.0. The molecular weight excluding hydrogens is 1090 g/mol. The minimum Gasteiger partial charge on any atom is -0.660 e. The molecule has 0 bridgehead atoms. The number of carbonyl (C=O) groups is 3. The third-order valence-electron chi connectivity index (χ3n) is 13.6. The number of fused-ring (bicyclic) bond motifs is 1. The van der Waals surface area contributed by atoms with Crippen molar-refractivity contribution in [3.8, 4) is 17.6 Å². The molecule has 3 amide bonds. The predicted molar refractivity (Wildman–Crippen MR) is 332 cm³/mol. The van der Waals surface area contributed by atoms with E-state index in [1.807, 2.05) is 64.2 Å². The molecule has 2 aromatic carbocycles. The number of nitriles is 1. The summed E-state index contributed by atoms with van der Waals surface area (Å²) in [6.07, 6.45) is 20.5. The molecule has 0 aliphatic carbocycles. The molecule has 3 rings (SSSR count). The Morgan fingerprint density at radius 1 is 0.866 bits per heavy atom. The molecule has 1 unspecified atom stereocenters. The molecule has 19 nitrogen and oxygen atoms in total. The number of nitrogens with one attached hydrogen (secondary N) is 3. The number of aliphatic imine (C=N–C) groups is 1. The van der Waals surface area contributed by atoms with E-state index in [0.29, 0.717) is 105 Å². The first-order chi connectivity index (χ1) is 39.3. The van der Waals surface area contributed by atoms with Gasteiger partial charge < -0.3 is 66.1 Å². The number of benzene rings is 2. The van der Waals surface area contributed by atoms with Gasteiger partial charge in [-0.3, -0.25) is 24.4 Å². The van der Waals surface area contributed by atoms with Crippen LogP contribution < -0.4 is 88.3 Å². The van der Waals surface area contributed by atoms with Crippen molar-refractivity contribution in [1.29, 1.82) is 5.26 Å². The summed E-state index contributed by atoms with van der Waals surface area (Å²) in [4.78, 5) is 39.8. The largest absolute Gasteiger partial charge is 1.00 e. The Labute approximate surface area is 539 Å². The second-order valence-electron chi connectivity index (χ2n) is 18.9. The molecule has 0 radical (unpaired) electrons. The second kappa shape index (κ2) is 51.4. The van der Waals surface area contributed by atoms with Crippen LogP contribution in [0, 0.1) is 17.2 Å². The van der Waals surface area contributed by atoms with Crippen LogP contribution in [0.2, 0.25) is 5.02 Å². The summed E-state index contributed by atoms with van der Waals surface area (Å²) >= 11 is 6.66. The topological polar surface area (TPSA) is 261 Å². The number of pyridine rings is 1. The fourth-order valence-electron chi connectivity index (χ4n) is 8.43. The van der Waals surface area contributed by atoms with Crippen LogP contribution >= 0.6 is 11.6 Å². The van der Waals surface area contributed by atoms with Crippen molar-refractivity contribution in [2.75, 3.05) is 119 Å². The first-order valence-electron chi connectivity index (χ1n) is 28.6. The van der Waals surface area contributed by atoms with Gasteiger partial charge in [0, 0.05) is 61.2 Å². The molecule has 0 aliphatic heterocycles. The van der Waals surface area contributed by atoms with Crippen LogP contribution in [0.4, 0.5) is 11.4 Å². The van der Waals surface area contributed by atoms with E-state index in [-0.39, 0.29) is 75.3 Å². The minimum absolute atomic E-state index is 0. The average molecular weight is 1190 g/mol. The van der Waals surface area contributed by atoms with E-state index < -0.39 is 0 Å². The number of aromatic nitrogens is 1. The van der Waals surface area contributed by atoms with Gasteiger partial charge in [0.1, 0.15) is 24.2 Å². The van der Waals surface area contributed by atoms with Crippen LogP contribution in [0.5, 0.6) is 11.5 Å². The van der Waals surface area contributed by atoms with E-state index in [0.717, 1.165) is 113 Å². The second-order valence-corrected chi connectivity index (χ2v) is 19.3. The van der Waals surface area contributed by atoms with E-state index >= 15 is 0 Å². The van der Waals surface area contributed by atoms with Gasteiger partial charge >= 0.3 is 51.4 Å². The molecule has 0 fully saturated rings. The predicted octanol–water partition coefficient (Wildman–Crippen LogP) is 7.20. The Hall–Kier alpha value is -4.05. The van der Waals surface area contributed by atoms with Crippen molar-refractivity contribution < 1.29 is 94.2 Å². The first kappa shape index (κ1) is 80.0. The Morgan fingerprint density at radius 3 is 2.07 bits per heavy atom. The zero-order valence-electron chi connectivity index (χ0n) is 51.8. The molecular formula is C61H100ClKN10O9. The number of nitrogens with two attached hydrogens (primary N) is 2. The van der Waals surface area contributed by atoms with Crippen LogP contribution in [0.1, 0.15) is 124 Å². The van der Waals surface area contributed by atoms with Gasteiger partial charge in [-0.25, -0.2) is 0 Å². The Bertz CT molecular complexity index is 2280. The number of unbranched alkanes of at least 4 members (excludes halogenated alkanes) is 4. The SMILES string of the molecule is CC.CC/C=C\C(COc1ccc(Nc2c(C#N)cnc3cc(OCC)c(/C=C/CN(C)CCCCCCOCCOCCOCCOCC[N-]CCCCC(C)[C@@](C)(NC=O)[C@@](C)(CC)NC)cc23)cc1Cl)=NC.NC=O.NC=O.[K+]. The summed E-state index contributed by atoms with van der Waals surface area (Å²) in [5.74, 6) is 1.60. The monoisotopic (exact) mass is 1190 g/mol. The van der Waals surface area contributed by atoms with Crippen LogP contribution in [0.3, 0.4) is 0 Å². The first-order valence-corrected chi connectivity index (χ1v) is 29.0. The van der Waals surface area contributed by atoms with Crippen molar-refractivity contribution in [2.24, 2.45) is 22.4 Å². The number of hydrogen-bond acceptors (Lipinski definition) is 15. The minimum atomic E-state index is -0.334. The third kappa shape index (κ3) is 32.3. The van der Waals surface area contributed by atoms with E-state index in [1.54, 1.807) is 19.3 Å². The molecule has 3 atom stereocenters. The number of likely N-dealkylation sites (N-methyl/N-ethyl adjacent to an activating group) is 2. The van der Waals surface area contributed by atoms with Crippen LogP contribution in [-0.4, -0.2) is 159 Å². The fourth-order valence-corrected chi connectivity index (χ4v) is 8.66. The van der Waals surface area contributed by atoms with Crippen molar-refractivity contribution in [3.05, 3.63) is 76.2 Å². The molecule has 21 heteroatoms. The van der Waals surface area contributed by atoms with Gasteiger partial charge in [-0.15, -0.1) is 13.1 Å². The number of amides is 3. The van der Waals surface area contributed by atoms with Gasteiger partial charge in [-0.05, 0) is 110 Å². The van der Waals surface area contributed by atoms with Crippen molar-refractivity contribution >= 4 is 64.9 Å². The van der Waals surface area contributed by atoms with Crippen molar-refractivity contribution in [2.45, 2.75) is 124 Å². The number of primary amides is 2. The number of carbonyl (C=O) groups excluding carboxylic acids is 3. The Morgan fingerprint density at radius 2 is 1.50 bits per heavy atom. The van der Waals surface area contributed by atoms with Crippen molar-refractivity contribution in [3.63, 3.8) is 0 Å². The molecule has 456 valence electrons. The summed E-state index contributed by atoms with van der Waals surface area (Å²) in [6.45, 7) is 25.4. The molecule has 0 saturated heterocycles. The molecule has 82 heavy (non-hydrogen) atoms. The average Bonchev–Trinajstić information content (AvgIpc) is 3.59. The number of ether oxygens (including phenoxy) is 6. The number of halogens is 1. The van der Waals surface area contributed by atoms with Gasteiger partial charge in [0.15, 0.2) is 0 Å². The van der Waals surface area contributed by atoms with Gasteiger partial charge in [0.05, 0.1) is 79.3 Å².